The van der Waals surface area contributed by atoms with E-state index in [0.29, 0.717) is 12.3 Å². The van der Waals surface area contributed by atoms with Crippen LogP contribution in [0, 0.1) is 11.8 Å². The number of aliphatic hydroxyl groups is 1. The Bertz CT molecular complexity index is 227. The summed E-state index contributed by atoms with van der Waals surface area (Å²) in [4.78, 5) is 11.7. The van der Waals surface area contributed by atoms with Gasteiger partial charge in [-0.2, -0.15) is 0 Å². The molecule has 0 radical (unpaired) electrons. The van der Waals surface area contributed by atoms with Crippen molar-refractivity contribution in [2.24, 2.45) is 11.8 Å². The number of aliphatic hydroxyl groups excluding tert-OH is 1. The van der Waals surface area contributed by atoms with Crippen LogP contribution in [0.15, 0.2) is 0 Å². The molecule has 1 heterocycles. The molecule has 0 saturated carbocycles. The number of carbonyl (C=O) groups is 1. The van der Waals surface area contributed by atoms with Gasteiger partial charge in [0.15, 0.2) is 0 Å². The third kappa shape index (κ3) is 5.50. The van der Waals surface area contributed by atoms with E-state index in [9.17, 15) is 4.79 Å². The fraction of sp³-hybridized carbons (Fsp3) is 0.923. The van der Waals surface area contributed by atoms with Gasteiger partial charge in [0, 0.05) is 32.3 Å². The molecular weight excluding hydrogens is 218 g/mol. The molecular formula is C13H25NO3. The molecule has 2 unspecified atom stereocenters. The number of ether oxygens (including phenoxy) is 1. The van der Waals surface area contributed by atoms with E-state index in [4.69, 9.17) is 9.84 Å². The lowest BCUT2D eigenvalue weighted by Gasteiger charge is -2.23. The highest BCUT2D eigenvalue weighted by Gasteiger charge is 2.17. The predicted molar refractivity (Wildman–Crippen MR) is 66.6 cm³/mol. The summed E-state index contributed by atoms with van der Waals surface area (Å²) in [6.07, 6.45) is 3.70. The summed E-state index contributed by atoms with van der Waals surface area (Å²) in [5.41, 5.74) is 0. The van der Waals surface area contributed by atoms with Crippen LogP contribution < -0.4 is 5.32 Å². The number of hydrogen-bond donors (Lipinski definition) is 2. The molecule has 1 aliphatic rings. The molecule has 0 spiro atoms. The Morgan fingerprint density at radius 2 is 2.06 bits per heavy atom. The minimum absolute atomic E-state index is 0.0437. The highest BCUT2D eigenvalue weighted by atomic mass is 16.5. The zero-order chi connectivity index (χ0) is 12.7. The molecule has 2 N–H and O–H groups in total. The first-order valence-corrected chi connectivity index (χ1v) is 6.61. The van der Waals surface area contributed by atoms with Crippen LogP contribution in [0.5, 0.6) is 0 Å². The molecule has 1 amide bonds. The van der Waals surface area contributed by atoms with E-state index in [1.807, 2.05) is 13.8 Å². The van der Waals surface area contributed by atoms with Gasteiger partial charge in [0.05, 0.1) is 0 Å². The van der Waals surface area contributed by atoms with Gasteiger partial charge in [-0.05, 0) is 38.0 Å². The van der Waals surface area contributed by atoms with Crippen molar-refractivity contribution < 1.29 is 14.6 Å². The van der Waals surface area contributed by atoms with Crippen LogP contribution in [0.25, 0.3) is 0 Å². The van der Waals surface area contributed by atoms with Crippen molar-refractivity contribution in [2.45, 2.75) is 45.6 Å². The predicted octanol–water partition coefficient (Wildman–Crippen LogP) is 1.33. The Kier molecular flexibility index (Phi) is 6.52. The van der Waals surface area contributed by atoms with Gasteiger partial charge in [0.2, 0.25) is 5.91 Å². The van der Waals surface area contributed by atoms with Gasteiger partial charge in [-0.1, -0.05) is 6.92 Å². The van der Waals surface area contributed by atoms with Gasteiger partial charge in [-0.25, -0.2) is 0 Å². The molecule has 1 saturated heterocycles. The van der Waals surface area contributed by atoms with Crippen molar-refractivity contribution in [3.05, 3.63) is 0 Å². The number of carbonyl (C=O) groups excluding carboxylic acids is 1. The summed E-state index contributed by atoms with van der Waals surface area (Å²) in [7, 11) is 0. The van der Waals surface area contributed by atoms with E-state index in [-0.39, 0.29) is 24.5 Å². The zero-order valence-corrected chi connectivity index (χ0v) is 10.9. The fourth-order valence-corrected chi connectivity index (χ4v) is 2.00. The maximum absolute atomic E-state index is 11.7. The van der Waals surface area contributed by atoms with Gasteiger partial charge >= 0.3 is 0 Å². The van der Waals surface area contributed by atoms with E-state index in [1.165, 1.54) is 0 Å². The first-order valence-electron chi connectivity index (χ1n) is 6.61. The molecule has 0 aromatic rings. The zero-order valence-electron chi connectivity index (χ0n) is 10.9. The lowest BCUT2D eigenvalue weighted by atomic mass is 9.94. The lowest BCUT2D eigenvalue weighted by Crippen LogP contribution is -2.38. The van der Waals surface area contributed by atoms with Gasteiger partial charge in [-0.15, -0.1) is 0 Å². The number of amides is 1. The van der Waals surface area contributed by atoms with Crippen molar-refractivity contribution >= 4 is 5.91 Å². The standard InChI is InChI=1S/C13H25NO3/c1-10(9-15)11(2)14-13(16)4-3-12-5-7-17-8-6-12/h10-12,15H,3-9H2,1-2H3,(H,14,16). The SMILES string of the molecule is CC(CO)C(C)NC(=O)CCC1CCOCC1. The molecule has 4 nitrogen and oxygen atoms in total. The van der Waals surface area contributed by atoms with Crippen LogP contribution in [0.2, 0.25) is 0 Å². The van der Waals surface area contributed by atoms with Crippen LogP contribution in [0.1, 0.15) is 39.5 Å². The molecule has 1 fully saturated rings. The Morgan fingerprint density at radius 3 is 2.65 bits per heavy atom. The number of hydrogen-bond acceptors (Lipinski definition) is 3. The maximum atomic E-state index is 11.7. The smallest absolute Gasteiger partial charge is 0.220 e. The topological polar surface area (TPSA) is 58.6 Å². The lowest BCUT2D eigenvalue weighted by molar-refractivity contribution is -0.122. The summed E-state index contributed by atoms with van der Waals surface area (Å²) in [6, 6.07) is 0.0437. The maximum Gasteiger partial charge on any atom is 0.220 e. The molecule has 17 heavy (non-hydrogen) atoms. The van der Waals surface area contributed by atoms with Crippen LogP contribution in [-0.4, -0.2) is 36.9 Å². The average molecular weight is 243 g/mol. The highest BCUT2D eigenvalue weighted by molar-refractivity contribution is 5.76. The Balaban J connectivity index is 2.15. The summed E-state index contributed by atoms with van der Waals surface area (Å²) in [5.74, 6) is 0.853. The molecule has 4 heteroatoms. The van der Waals surface area contributed by atoms with Crippen molar-refractivity contribution in [2.75, 3.05) is 19.8 Å². The minimum Gasteiger partial charge on any atom is -0.396 e. The molecule has 0 aliphatic carbocycles. The van der Waals surface area contributed by atoms with Gasteiger partial charge in [0.25, 0.3) is 0 Å². The Hall–Kier alpha value is -0.610. The second-order valence-electron chi connectivity index (χ2n) is 5.11. The first kappa shape index (κ1) is 14.5. The molecule has 0 bridgehead atoms. The fourth-order valence-electron chi connectivity index (χ4n) is 2.00. The Morgan fingerprint density at radius 1 is 1.41 bits per heavy atom. The van der Waals surface area contributed by atoms with Gasteiger partial charge in [0.1, 0.15) is 0 Å². The van der Waals surface area contributed by atoms with Crippen molar-refractivity contribution in [3.63, 3.8) is 0 Å². The van der Waals surface area contributed by atoms with Crippen LogP contribution in [-0.2, 0) is 9.53 Å². The summed E-state index contributed by atoms with van der Waals surface area (Å²) in [6.45, 7) is 5.66. The summed E-state index contributed by atoms with van der Waals surface area (Å²) >= 11 is 0. The van der Waals surface area contributed by atoms with Crippen molar-refractivity contribution in [1.82, 2.24) is 5.32 Å². The summed E-state index contributed by atoms with van der Waals surface area (Å²) < 4.78 is 5.29. The van der Waals surface area contributed by atoms with Gasteiger partial charge in [-0.3, -0.25) is 4.79 Å². The third-order valence-electron chi connectivity index (χ3n) is 3.65. The van der Waals surface area contributed by atoms with Crippen molar-refractivity contribution in [3.8, 4) is 0 Å². The second-order valence-corrected chi connectivity index (χ2v) is 5.11. The monoisotopic (exact) mass is 243 g/mol. The van der Waals surface area contributed by atoms with E-state index in [0.717, 1.165) is 32.5 Å². The largest absolute Gasteiger partial charge is 0.396 e. The molecule has 100 valence electrons. The van der Waals surface area contributed by atoms with Crippen LogP contribution in [0.4, 0.5) is 0 Å². The average Bonchev–Trinajstić information content (AvgIpc) is 2.36. The molecule has 0 aromatic heterocycles. The van der Waals surface area contributed by atoms with Crippen LogP contribution in [0.3, 0.4) is 0 Å². The number of nitrogens with one attached hydrogen (secondary N) is 1. The third-order valence-corrected chi connectivity index (χ3v) is 3.65. The first-order chi connectivity index (χ1) is 8.13. The highest BCUT2D eigenvalue weighted by Crippen LogP contribution is 2.19. The summed E-state index contributed by atoms with van der Waals surface area (Å²) in [5, 5.41) is 11.9. The molecule has 1 rings (SSSR count). The molecule has 1 aliphatic heterocycles. The Labute approximate surface area is 104 Å². The van der Waals surface area contributed by atoms with Gasteiger partial charge < -0.3 is 15.2 Å². The van der Waals surface area contributed by atoms with E-state index in [1.54, 1.807) is 0 Å². The minimum atomic E-state index is 0.0437. The van der Waals surface area contributed by atoms with E-state index >= 15 is 0 Å². The number of rotatable bonds is 6. The van der Waals surface area contributed by atoms with E-state index < -0.39 is 0 Å². The normalized spacial score (nSPS) is 20.9. The van der Waals surface area contributed by atoms with Crippen LogP contribution >= 0.6 is 0 Å². The quantitative estimate of drug-likeness (QED) is 0.740. The molecule has 0 aromatic carbocycles. The van der Waals surface area contributed by atoms with Crippen molar-refractivity contribution in [1.29, 1.82) is 0 Å². The second kappa shape index (κ2) is 7.67. The van der Waals surface area contributed by atoms with E-state index in [2.05, 4.69) is 5.32 Å². The molecule has 2 atom stereocenters.